The number of rotatable bonds is 5. The largest absolute Gasteiger partial charge is 0.360 e. The summed E-state index contributed by atoms with van der Waals surface area (Å²) in [5.41, 5.74) is 1.59. The minimum absolute atomic E-state index is 0.0690. The fourth-order valence-corrected chi connectivity index (χ4v) is 3.70. The van der Waals surface area contributed by atoms with E-state index in [2.05, 4.69) is 0 Å². The Kier molecular flexibility index (Phi) is 5.67. The van der Waals surface area contributed by atoms with Gasteiger partial charge >= 0.3 is 5.76 Å². The fourth-order valence-electron chi connectivity index (χ4n) is 2.86. The van der Waals surface area contributed by atoms with E-state index in [-0.39, 0.29) is 12.5 Å². The fraction of sp³-hybridized carbons (Fsp3) is 0.278. The van der Waals surface area contributed by atoms with Crippen molar-refractivity contribution in [3.8, 4) is 0 Å². The summed E-state index contributed by atoms with van der Waals surface area (Å²) in [5.74, 6) is -3.53. The van der Waals surface area contributed by atoms with Crippen molar-refractivity contribution in [3.05, 3.63) is 59.1 Å². The van der Waals surface area contributed by atoms with Gasteiger partial charge in [-0.2, -0.15) is 8.78 Å². The van der Waals surface area contributed by atoms with E-state index in [0.29, 0.717) is 30.3 Å². The summed E-state index contributed by atoms with van der Waals surface area (Å²) < 4.78 is 48.1. The molecule has 2 aromatic carbocycles. The number of hydrogen-bond acceptors (Lipinski definition) is 4. The topological polar surface area (TPSA) is 57.7 Å². The van der Waals surface area contributed by atoms with Gasteiger partial charge < -0.3 is 9.80 Å². The molecule has 0 aliphatic carbocycles. The van der Waals surface area contributed by atoms with E-state index >= 15 is 0 Å². The van der Waals surface area contributed by atoms with E-state index in [9.17, 15) is 22.0 Å². The van der Waals surface area contributed by atoms with Gasteiger partial charge in [0.05, 0.1) is 11.4 Å². The Balaban J connectivity index is 1.65. The Hall–Kier alpha value is -2.19. The average Bonchev–Trinajstić information content (AvgIpc) is 2.65. The van der Waals surface area contributed by atoms with Crippen molar-refractivity contribution in [2.45, 2.75) is 17.2 Å². The molecule has 144 valence electrons. The first kappa shape index (κ1) is 19.6. The lowest BCUT2D eigenvalue weighted by Crippen LogP contribution is -2.50. The zero-order valence-electron chi connectivity index (χ0n) is 14.2. The van der Waals surface area contributed by atoms with E-state index in [1.54, 1.807) is 21.9 Å². The third-order valence-corrected chi connectivity index (χ3v) is 6.02. The van der Waals surface area contributed by atoms with Crippen LogP contribution in [0.4, 0.5) is 14.5 Å². The number of nitrogens with zero attached hydrogens (tertiary/aromatic N) is 2. The number of amides is 1. The molecule has 0 bridgehead atoms. The second-order valence-corrected chi connectivity index (χ2v) is 8.52. The highest BCUT2D eigenvalue weighted by Gasteiger charge is 2.28. The molecule has 0 spiro atoms. The maximum atomic E-state index is 12.6. The third-order valence-electron chi connectivity index (χ3n) is 4.37. The summed E-state index contributed by atoms with van der Waals surface area (Å²) in [6, 6.07) is 12.4. The van der Waals surface area contributed by atoms with Gasteiger partial charge in [-0.1, -0.05) is 23.7 Å². The van der Waals surface area contributed by atoms with Crippen molar-refractivity contribution in [3.63, 3.8) is 0 Å². The molecular weight excluding hydrogens is 398 g/mol. The minimum atomic E-state index is -4.62. The molecule has 0 saturated carbocycles. The van der Waals surface area contributed by atoms with Crippen LogP contribution in [0.5, 0.6) is 0 Å². The second-order valence-electron chi connectivity index (χ2n) is 6.16. The van der Waals surface area contributed by atoms with E-state index in [0.717, 1.165) is 17.7 Å². The molecule has 0 aromatic heterocycles. The molecule has 0 N–H and O–H groups in total. The van der Waals surface area contributed by atoms with Gasteiger partial charge in [0, 0.05) is 30.3 Å². The predicted molar refractivity (Wildman–Crippen MR) is 98.7 cm³/mol. The quantitative estimate of drug-likeness (QED) is 0.754. The Morgan fingerprint density at radius 3 is 2.19 bits per heavy atom. The van der Waals surface area contributed by atoms with Gasteiger partial charge in [0.2, 0.25) is 15.7 Å². The first-order chi connectivity index (χ1) is 12.8. The van der Waals surface area contributed by atoms with Crippen LogP contribution in [-0.4, -0.2) is 44.6 Å². The Morgan fingerprint density at radius 2 is 1.63 bits per heavy atom. The molecule has 0 atom stereocenters. The van der Waals surface area contributed by atoms with Crippen LogP contribution in [0.1, 0.15) is 5.56 Å². The molecule has 2 aromatic rings. The lowest BCUT2D eigenvalue weighted by molar-refractivity contribution is -0.131. The van der Waals surface area contributed by atoms with Crippen molar-refractivity contribution >= 4 is 33.0 Å². The average molecular weight is 415 g/mol. The molecule has 3 rings (SSSR count). The van der Waals surface area contributed by atoms with Gasteiger partial charge in [0.25, 0.3) is 0 Å². The molecule has 1 heterocycles. The second kappa shape index (κ2) is 7.82. The number of anilines is 1. The first-order valence-corrected chi connectivity index (χ1v) is 10.1. The molecule has 1 aliphatic heterocycles. The number of halogens is 3. The number of carbonyl (C=O) groups is 1. The van der Waals surface area contributed by atoms with E-state index < -0.39 is 20.5 Å². The summed E-state index contributed by atoms with van der Waals surface area (Å²) >= 11 is 5.86. The number of sulfone groups is 1. The summed E-state index contributed by atoms with van der Waals surface area (Å²) in [7, 11) is -4.62. The molecule has 27 heavy (non-hydrogen) atoms. The Labute approximate surface area is 161 Å². The van der Waals surface area contributed by atoms with Crippen LogP contribution in [0.3, 0.4) is 0 Å². The normalized spacial score (nSPS) is 15.5. The van der Waals surface area contributed by atoms with Crippen molar-refractivity contribution in [2.24, 2.45) is 0 Å². The molecule has 5 nitrogen and oxygen atoms in total. The third kappa shape index (κ3) is 4.39. The monoisotopic (exact) mass is 414 g/mol. The number of alkyl halides is 2. The van der Waals surface area contributed by atoms with Crippen LogP contribution in [-0.2, 0) is 21.2 Å². The van der Waals surface area contributed by atoms with Crippen LogP contribution in [0, 0.1) is 0 Å². The van der Waals surface area contributed by atoms with E-state index in [1.165, 1.54) is 12.1 Å². The molecular formula is C18H17ClF2N2O3S. The van der Waals surface area contributed by atoms with Gasteiger partial charge in [0.1, 0.15) is 0 Å². The van der Waals surface area contributed by atoms with Crippen molar-refractivity contribution in [1.29, 1.82) is 0 Å². The summed E-state index contributed by atoms with van der Waals surface area (Å²) in [5, 5.41) is 0.632. The maximum Gasteiger partial charge on any atom is 0.341 e. The SMILES string of the molecule is O=C1CN(c2ccc(S(=O)(=O)C(F)F)cc2)CCN1Cc1ccc(Cl)cc1. The lowest BCUT2D eigenvalue weighted by Gasteiger charge is -2.35. The van der Waals surface area contributed by atoms with Crippen LogP contribution in [0.2, 0.25) is 5.02 Å². The predicted octanol–water partition coefficient (Wildman–Crippen LogP) is 3.19. The standard InChI is InChI=1S/C18H17ClF2N2O3S/c19-14-3-1-13(2-4-14)11-23-10-9-22(12-17(23)24)15-5-7-16(8-6-15)27(25,26)18(20)21/h1-8,18H,9-12H2. The van der Waals surface area contributed by atoms with Crippen molar-refractivity contribution in [2.75, 3.05) is 24.5 Å². The lowest BCUT2D eigenvalue weighted by atomic mass is 10.2. The minimum Gasteiger partial charge on any atom is -0.360 e. The number of hydrogen-bond donors (Lipinski definition) is 0. The smallest absolute Gasteiger partial charge is 0.341 e. The van der Waals surface area contributed by atoms with E-state index in [1.807, 2.05) is 12.1 Å². The van der Waals surface area contributed by atoms with Gasteiger partial charge in [-0.3, -0.25) is 4.79 Å². The molecule has 1 aliphatic rings. The maximum absolute atomic E-state index is 12.6. The number of benzene rings is 2. The van der Waals surface area contributed by atoms with E-state index in [4.69, 9.17) is 11.6 Å². The van der Waals surface area contributed by atoms with Crippen LogP contribution in [0.25, 0.3) is 0 Å². The Bertz CT molecular complexity index is 919. The first-order valence-electron chi connectivity index (χ1n) is 8.16. The van der Waals surface area contributed by atoms with Crippen molar-refractivity contribution < 1.29 is 22.0 Å². The summed E-state index contributed by atoms with van der Waals surface area (Å²) in [6.45, 7) is 1.67. The van der Waals surface area contributed by atoms with Crippen LogP contribution < -0.4 is 4.90 Å². The zero-order chi connectivity index (χ0) is 19.6. The highest BCUT2D eigenvalue weighted by atomic mass is 35.5. The molecule has 0 unspecified atom stereocenters. The highest BCUT2D eigenvalue weighted by molar-refractivity contribution is 7.91. The molecule has 0 radical (unpaired) electrons. The van der Waals surface area contributed by atoms with Gasteiger partial charge in [-0.25, -0.2) is 8.42 Å². The van der Waals surface area contributed by atoms with Crippen LogP contribution in [0.15, 0.2) is 53.4 Å². The van der Waals surface area contributed by atoms with Gasteiger partial charge in [-0.05, 0) is 42.0 Å². The van der Waals surface area contributed by atoms with Gasteiger partial charge in [-0.15, -0.1) is 0 Å². The number of piperazine rings is 1. The van der Waals surface area contributed by atoms with Crippen molar-refractivity contribution in [1.82, 2.24) is 4.90 Å². The van der Waals surface area contributed by atoms with Gasteiger partial charge in [0.15, 0.2) is 0 Å². The molecule has 1 amide bonds. The molecule has 1 saturated heterocycles. The highest BCUT2D eigenvalue weighted by Crippen LogP contribution is 2.23. The molecule has 1 fully saturated rings. The Morgan fingerprint density at radius 1 is 1.00 bits per heavy atom. The summed E-state index contributed by atoms with van der Waals surface area (Å²) in [6.07, 6.45) is 0. The molecule has 9 heteroatoms. The number of carbonyl (C=O) groups excluding carboxylic acids is 1. The summed E-state index contributed by atoms with van der Waals surface area (Å²) in [4.78, 5) is 15.5. The van der Waals surface area contributed by atoms with Crippen LogP contribution >= 0.6 is 11.6 Å². The zero-order valence-corrected chi connectivity index (χ0v) is 15.8.